The number of carbonyl (C=O) groups is 2. The van der Waals surface area contributed by atoms with Crippen LogP contribution >= 0.6 is 22.9 Å². The van der Waals surface area contributed by atoms with E-state index in [1.807, 2.05) is 30.5 Å². The lowest BCUT2D eigenvalue weighted by atomic mass is 9.93. The molecule has 2 heterocycles. The van der Waals surface area contributed by atoms with Crippen molar-refractivity contribution in [3.63, 3.8) is 0 Å². The summed E-state index contributed by atoms with van der Waals surface area (Å²) in [6.45, 7) is 3.30. The lowest BCUT2D eigenvalue weighted by Crippen LogP contribution is -2.47. The molecule has 5 nitrogen and oxygen atoms in total. The topological polar surface area (TPSA) is 49.9 Å². The van der Waals surface area contributed by atoms with Crippen LogP contribution in [-0.2, 0) is 22.1 Å². The Balaban J connectivity index is 1.58. The fraction of sp³-hybridized carbons (Fsp3) is 0.357. The van der Waals surface area contributed by atoms with Crippen LogP contribution in [-0.4, -0.2) is 54.5 Å². The van der Waals surface area contributed by atoms with Crippen molar-refractivity contribution in [1.82, 2.24) is 9.80 Å². The summed E-state index contributed by atoms with van der Waals surface area (Å²) in [6, 6.07) is 13.1. The van der Waals surface area contributed by atoms with Crippen LogP contribution in [0.3, 0.4) is 0 Å². The Morgan fingerprint density at radius 3 is 2.47 bits per heavy atom. The van der Waals surface area contributed by atoms with E-state index in [0.717, 1.165) is 35.4 Å². The van der Waals surface area contributed by atoms with Gasteiger partial charge in [0.2, 0.25) is 5.91 Å². The molecule has 1 atom stereocenters. The summed E-state index contributed by atoms with van der Waals surface area (Å²) in [6.07, 6.45) is -3.30. The Morgan fingerprint density at radius 1 is 1.11 bits per heavy atom. The van der Waals surface area contributed by atoms with Crippen molar-refractivity contribution in [2.45, 2.75) is 32.0 Å². The van der Waals surface area contributed by atoms with Gasteiger partial charge in [-0.2, -0.15) is 13.2 Å². The first kappa shape index (κ1) is 28.1. The summed E-state index contributed by atoms with van der Waals surface area (Å²) in [5, 5.41) is 2.60. The second kappa shape index (κ2) is 12.3. The van der Waals surface area contributed by atoms with Crippen molar-refractivity contribution >= 4 is 34.8 Å². The van der Waals surface area contributed by atoms with Crippen LogP contribution < -0.4 is 0 Å². The first-order valence-electron chi connectivity index (χ1n) is 12.3. The number of rotatable bonds is 9. The number of ether oxygens (including phenoxy) is 1. The molecule has 3 aromatic rings. The number of nitrogens with zero attached hydrogens (tertiary/aromatic N) is 2. The van der Waals surface area contributed by atoms with E-state index in [2.05, 4.69) is 0 Å². The first-order chi connectivity index (χ1) is 18.2. The van der Waals surface area contributed by atoms with E-state index in [-0.39, 0.29) is 30.6 Å². The number of hydrogen-bond acceptors (Lipinski definition) is 4. The van der Waals surface area contributed by atoms with Gasteiger partial charge in [0.25, 0.3) is 5.91 Å². The zero-order chi connectivity index (χ0) is 27.3. The highest BCUT2D eigenvalue weighted by Crippen LogP contribution is 2.38. The molecule has 2 aromatic carbocycles. The van der Waals surface area contributed by atoms with Crippen LogP contribution in [0.1, 0.15) is 51.3 Å². The average molecular weight is 565 g/mol. The number of carbonyl (C=O) groups excluding carboxylic acids is 2. The highest BCUT2D eigenvalue weighted by molar-refractivity contribution is 7.10. The Bertz CT molecular complexity index is 1250. The van der Waals surface area contributed by atoms with E-state index in [1.54, 1.807) is 28.4 Å². The molecule has 1 unspecified atom stereocenters. The Morgan fingerprint density at radius 2 is 1.82 bits per heavy atom. The number of fused-ring (bicyclic) bond motifs is 1. The fourth-order valence-corrected chi connectivity index (χ4v) is 5.61. The monoisotopic (exact) mass is 564 g/mol. The van der Waals surface area contributed by atoms with Crippen molar-refractivity contribution < 1.29 is 27.5 Å². The lowest BCUT2D eigenvalue weighted by molar-refractivity contribution is -0.137. The quantitative estimate of drug-likeness (QED) is 0.280. The molecule has 0 fully saturated rings. The molecule has 0 N–H and O–H groups in total. The molecule has 0 spiro atoms. The van der Waals surface area contributed by atoms with Crippen LogP contribution in [0.25, 0.3) is 0 Å². The summed E-state index contributed by atoms with van der Waals surface area (Å²) in [5.74, 6) is -0.738. The second-order valence-corrected chi connectivity index (χ2v) is 10.4. The van der Waals surface area contributed by atoms with Crippen molar-refractivity contribution in [3.05, 3.63) is 92.1 Å². The van der Waals surface area contributed by atoms with E-state index in [9.17, 15) is 22.8 Å². The normalized spacial score (nSPS) is 15.3. The van der Waals surface area contributed by atoms with Gasteiger partial charge in [0.05, 0.1) is 11.6 Å². The summed E-state index contributed by atoms with van der Waals surface area (Å²) in [5.41, 5.74) is 1.22. The van der Waals surface area contributed by atoms with Gasteiger partial charge in [-0.05, 0) is 78.7 Å². The van der Waals surface area contributed by atoms with Gasteiger partial charge < -0.3 is 14.5 Å². The number of halogens is 4. The molecule has 2 amide bonds. The zero-order valence-electron chi connectivity index (χ0n) is 20.8. The predicted octanol–water partition coefficient (Wildman–Crippen LogP) is 6.46. The number of alkyl halides is 3. The van der Waals surface area contributed by atoms with Crippen LogP contribution in [0.5, 0.6) is 0 Å². The molecule has 0 bridgehead atoms. The zero-order valence-corrected chi connectivity index (χ0v) is 22.4. The van der Waals surface area contributed by atoms with Crippen LogP contribution in [0.15, 0.2) is 60.0 Å². The van der Waals surface area contributed by atoms with Gasteiger partial charge in [-0.1, -0.05) is 23.7 Å². The number of amides is 2. The largest absolute Gasteiger partial charge is 0.416 e. The molecule has 202 valence electrons. The van der Waals surface area contributed by atoms with E-state index >= 15 is 0 Å². The standard InChI is InChI=1S/C28H28ClF3N2O3S/c1-2-37-16-3-14-33(27(36)20-4-8-21(9-5-20)28(30,31)32)18-25(35)34-15-12-24-23(13-17-38-24)26(34)19-6-10-22(29)11-7-19/h4-11,13,17,26H,2-3,12,14-16,18H2,1H3. The molecular weight excluding hydrogens is 537 g/mol. The Hall–Kier alpha value is -2.88. The molecule has 1 aliphatic rings. The van der Waals surface area contributed by atoms with Gasteiger partial charge >= 0.3 is 6.18 Å². The number of hydrogen-bond donors (Lipinski definition) is 0. The molecule has 4 rings (SSSR count). The van der Waals surface area contributed by atoms with Gasteiger partial charge in [-0.3, -0.25) is 9.59 Å². The highest BCUT2D eigenvalue weighted by Gasteiger charge is 2.34. The van der Waals surface area contributed by atoms with Crippen LogP contribution in [0.4, 0.5) is 13.2 Å². The van der Waals surface area contributed by atoms with Crippen LogP contribution in [0.2, 0.25) is 5.02 Å². The fourth-order valence-electron chi connectivity index (χ4n) is 4.58. The van der Waals surface area contributed by atoms with Gasteiger partial charge in [0, 0.05) is 41.8 Å². The van der Waals surface area contributed by atoms with Crippen molar-refractivity contribution in [2.75, 3.05) is 32.8 Å². The van der Waals surface area contributed by atoms with Gasteiger partial charge in [-0.15, -0.1) is 11.3 Å². The summed E-state index contributed by atoms with van der Waals surface area (Å²) in [4.78, 5) is 31.5. The molecule has 0 saturated carbocycles. The molecule has 10 heteroatoms. The first-order valence-corrected chi connectivity index (χ1v) is 13.6. The maximum absolute atomic E-state index is 13.7. The average Bonchev–Trinajstić information content (AvgIpc) is 3.38. The van der Waals surface area contributed by atoms with Crippen molar-refractivity contribution in [3.8, 4) is 0 Å². The summed E-state index contributed by atoms with van der Waals surface area (Å²) >= 11 is 7.75. The van der Waals surface area contributed by atoms with Gasteiger partial charge in [0.15, 0.2) is 0 Å². The SMILES string of the molecule is CCOCCCN(CC(=O)N1CCc2sccc2C1c1ccc(Cl)cc1)C(=O)c1ccc(C(F)(F)F)cc1. The van der Waals surface area contributed by atoms with Gasteiger partial charge in [0.1, 0.15) is 6.54 Å². The maximum Gasteiger partial charge on any atom is 0.416 e. The summed E-state index contributed by atoms with van der Waals surface area (Å²) in [7, 11) is 0. The molecule has 0 aliphatic carbocycles. The molecule has 1 aliphatic heterocycles. The summed E-state index contributed by atoms with van der Waals surface area (Å²) < 4.78 is 44.4. The third-order valence-corrected chi connectivity index (χ3v) is 7.71. The Kier molecular flexibility index (Phi) is 9.12. The van der Waals surface area contributed by atoms with Crippen LogP contribution in [0, 0.1) is 0 Å². The minimum Gasteiger partial charge on any atom is -0.382 e. The molecule has 0 saturated heterocycles. The maximum atomic E-state index is 13.7. The van der Waals surface area contributed by atoms with Crippen molar-refractivity contribution in [1.29, 1.82) is 0 Å². The number of thiophene rings is 1. The highest BCUT2D eigenvalue weighted by atomic mass is 35.5. The van der Waals surface area contributed by atoms with E-state index in [0.29, 0.717) is 37.6 Å². The molecule has 38 heavy (non-hydrogen) atoms. The third kappa shape index (κ3) is 6.57. The lowest BCUT2D eigenvalue weighted by Gasteiger charge is -2.37. The minimum absolute atomic E-state index is 0.0928. The van der Waals surface area contributed by atoms with Gasteiger partial charge in [-0.25, -0.2) is 0 Å². The van der Waals surface area contributed by atoms with E-state index in [1.165, 1.54) is 9.78 Å². The Labute approximate surface area is 228 Å². The van der Waals surface area contributed by atoms with E-state index in [4.69, 9.17) is 16.3 Å². The minimum atomic E-state index is -4.50. The van der Waals surface area contributed by atoms with E-state index < -0.39 is 17.6 Å². The molecule has 0 radical (unpaired) electrons. The second-order valence-electron chi connectivity index (χ2n) is 8.94. The third-order valence-electron chi connectivity index (χ3n) is 6.47. The predicted molar refractivity (Wildman–Crippen MR) is 141 cm³/mol. The molecular formula is C28H28ClF3N2O3S. The van der Waals surface area contributed by atoms with Crippen molar-refractivity contribution in [2.24, 2.45) is 0 Å². The smallest absolute Gasteiger partial charge is 0.382 e. The number of benzene rings is 2. The molecule has 1 aromatic heterocycles.